The number of carbonyl (C=O) groups is 2. The molecule has 0 spiro atoms. The van der Waals surface area contributed by atoms with Gasteiger partial charge in [-0.05, 0) is 36.2 Å². The van der Waals surface area contributed by atoms with Gasteiger partial charge >= 0.3 is 5.91 Å². The Bertz CT molecular complexity index is 1200. The summed E-state index contributed by atoms with van der Waals surface area (Å²) in [5.74, 6) is -1.10. The predicted octanol–water partition coefficient (Wildman–Crippen LogP) is 5.01. The molecule has 4 rings (SSSR count). The third-order valence-corrected chi connectivity index (χ3v) is 6.44. The second kappa shape index (κ2) is 10.1. The number of nitrogens with zero attached hydrogens (tertiary/aromatic N) is 3. The van der Waals surface area contributed by atoms with Crippen LogP contribution in [-0.2, 0) is 9.59 Å². The fourth-order valence-corrected chi connectivity index (χ4v) is 4.52. The number of ketones is 1. The van der Waals surface area contributed by atoms with Crippen molar-refractivity contribution in [1.82, 2.24) is 4.98 Å². The molecule has 1 aromatic heterocycles. The van der Waals surface area contributed by atoms with Crippen LogP contribution in [-0.4, -0.2) is 42.5 Å². The van der Waals surface area contributed by atoms with Crippen molar-refractivity contribution in [2.45, 2.75) is 25.8 Å². The maximum atomic E-state index is 13.2. The number of unbranched alkanes of at least 4 members (excludes halogenated alkanes) is 1. The van der Waals surface area contributed by atoms with Crippen LogP contribution in [0.1, 0.15) is 36.9 Å². The molecular weight excluding hydrogens is 450 g/mol. The first-order chi connectivity index (χ1) is 16.4. The van der Waals surface area contributed by atoms with Gasteiger partial charge in [-0.2, -0.15) is 0 Å². The molecule has 0 radical (unpaired) electrons. The van der Waals surface area contributed by atoms with Gasteiger partial charge in [-0.3, -0.25) is 14.5 Å². The molecule has 0 saturated carbocycles. The average molecular weight is 478 g/mol. The summed E-state index contributed by atoms with van der Waals surface area (Å²) in [4.78, 5) is 33.9. The number of aliphatic hydroxyl groups excluding tert-OH is 1. The minimum atomic E-state index is -0.799. The standard InChI is InChI=1S/C26H27N3O4S/c1-4-5-14-33-20-8-6-7-18(16-20)23(30)21-22(17-9-11-19(12-10-17)28(2)3)29(25(32)24(21)31)26-27-13-15-34-26/h6-13,15-16,22,30H,4-5,14H2,1-3H3. The van der Waals surface area contributed by atoms with Gasteiger partial charge < -0.3 is 14.7 Å². The summed E-state index contributed by atoms with van der Waals surface area (Å²) in [6.07, 6.45) is 3.51. The zero-order valence-corrected chi connectivity index (χ0v) is 20.2. The van der Waals surface area contributed by atoms with Crippen molar-refractivity contribution in [1.29, 1.82) is 0 Å². The van der Waals surface area contributed by atoms with E-state index in [-0.39, 0.29) is 11.3 Å². The predicted molar refractivity (Wildman–Crippen MR) is 135 cm³/mol. The van der Waals surface area contributed by atoms with E-state index in [9.17, 15) is 14.7 Å². The molecule has 0 aliphatic carbocycles. The largest absolute Gasteiger partial charge is 0.507 e. The van der Waals surface area contributed by atoms with Crippen LogP contribution in [0, 0.1) is 0 Å². The summed E-state index contributed by atoms with van der Waals surface area (Å²) < 4.78 is 5.77. The van der Waals surface area contributed by atoms with E-state index in [0.717, 1.165) is 18.5 Å². The molecule has 1 N–H and O–H groups in total. The van der Waals surface area contributed by atoms with E-state index in [1.54, 1.807) is 35.8 Å². The van der Waals surface area contributed by atoms with Crippen LogP contribution >= 0.6 is 11.3 Å². The average Bonchev–Trinajstić information content (AvgIpc) is 3.46. The lowest BCUT2D eigenvalue weighted by molar-refractivity contribution is -0.132. The van der Waals surface area contributed by atoms with Crippen LogP contribution in [0.15, 0.2) is 65.7 Å². The number of rotatable bonds is 8. The van der Waals surface area contributed by atoms with Crippen LogP contribution in [0.25, 0.3) is 5.76 Å². The molecule has 8 heteroatoms. The lowest BCUT2D eigenvalue weighted by Gasteiger charge is -2.23. The molecule has 0 bridgehead atoms. The van der Waals surface area contributed by atoms with Crippen molar-refractivity contribution in [2.24, 2.45) is 0 Å². The van der Waals surface area contributed by atoms with E-state index >= 15 is 0 Å². The number of thiazole rings is 1. The number of ether oxygens (including phenoxy) is 1. The summed E-state index contributed by atoms with van der Waals surface area (Å²) in [5, 5.41) is 13.4. The summed E-state index contributed by atoms with van der Waals surface area (Å²) in [7, 11) is 3.87. The molecule has 1 fully saturated rings. The Labute approximate surface area is 202 Å². The lowest BCUT2D eigenvalue weighted by Crippen LogP contribution is -2.29. The topological polar surface area (TPSA) is 83.0 Å². The Morgan fingerprint density at radius 3 is 2.59 bits per heavy atom. The molecule has 2 heterocycles. The zero-order chi connectivity index (χ0) is 24.2. The molecule has 1 aliphatic heterocycles. The second-order valence-electron chi connectivity index (χ2n) is 8.20. The molecule has 7 nitrogen and oxygen atoms in total. The Balaban J connectivity index is 1.82. The van der Waals surface area contributed by atoms with Crippen LogP contribution in [0.4, 0.5) is 10.8 Å². The molecule has 34 heavy (non-hydrogen) atoms. The second-order valence-corrected chi connectivity index (χ2v) is 9.07. The molecular formula is C26H27N3O4S. The van der Waals surface area contributed by atoms with Crippen molar-refractivity contribution in [3.8, 4) is 5.75 Å². The number of amides is 1. The maximum Gasteiger partial charge on any atom is 0.301 e. The van der Waals surface area contributed by atoms with Crippen molar-refractivity contribution in [3.63, 3.8) is 0 Å². The van der Waals surface area contributed by atoms with Gasteiger partial charge in [0.25, 0.3) is 5.78 Å². The van der Waals surface area contributed by atoms with Crippen molar-refractivity contribution < 1.29 is 19.4 Å². The van der Waals surface area contributed by atoms with E-state index in [0.29, 0.717) is 28.6 Å². The van der Waals surface area contributed by atoms with Gasteiger partial charge in [-0.1, -0.05) is 37.6 Å². The number of aliphatic hydroxyl groups is 1. The Morgan fingerprint density at radius 1 is 1.18 bits per heavy atom. The molecule has 1 atom stereocenters. The van der Waals surface area contributed by atoms with Gasteiger partial charge in [0.15, 0.2) is 5.13 Å². The van der Waals surface area contributed by atoms with Gasteiger partial charge in [-0.15, -0.1) is 11.3 Å². The SMILES string of the molecule is CCCCOc1cccc(C(O)=C2C(=O)C(=O)N(c3nccs3)C2c2ccc(N(C)C)cc2)c1. The fourth-order valence-electron chi connectivity index (χ4n) is 3.86. The fraction of sp³-hybridized carbons (Fsp3) is 0.269. The maximum absolute atomic E-state index is 13.2. The van der Waals surface area contributed by atoms with E-state index in [4.69, 9.17) is 4.74 Å². The first-order valence-corrected chi connectivity index (χ1v) is 12.0. The third kappa shape index (κ3) is 4.54. The minimum Gasteiger partial charge on any atom is -0.507 e. The first-order valence-electron chi connectivity index (χ1n) is 11.1. The summed E-state index contributed by atoms with van der Waals surface area (Å²) in [6.45, 7) is 2.64. The van der Waals surface area contributed by atoms with Gasteiger partial charge in [0.2, 0.25) is 0 Å². The van der Waals surface area contributed by atoms with Crippen molar-refractivity contribution >= 4 is 39.6 Å². The number of hydrogen-bond donors (Lipinski definition) is 1. The van der Waals surface area contributed by atoms with Crippen LogP contribution in [0.5, 0.6) is 5.75 Å². The first kappa shape index (κ1) is 23.5. The molecule has 1 saturated heterocycles. The minimum absolute atomic E-state index is 0.0310. The summed E-state index contributed by atoms with van der Waals surface area (Å²) in [6, 6.07) is 13.7. The highest BCUT2D eigenvalue weighted by Crippen LogP contribution is 2.43. The van der Waals surface area contributed by atoms with E-state index < -0.39 is 17.7 Å². The lowest BCUT2D eigenvalue weighted by atomic mass is 9.95. The molecule has 1 amide bonds. The van der Waals surface area contributed by atoms with Gasteiger partial charge in [0.1, 0.15) is 11.5 Å². The van der Waals surface area contributed by atoms with E-state index in [1.807, 2.05) is 43.3 Å². The number of Topliss-reactive ketones (excluding diaryl/α,β-unsaturated/α-hetero) is 1. The van der Waals surface area contributed by atoms with Crippen molar-refractivity contribution in [3.05, 3.63) is 76.8 Å². The smallest absolute Gasteiger partial charge is 0.301 e. The van der Waals surface area contributed by atoms with Crippen LogP contribution < -0.4 is 14.5 Å². The highest BCUT2D eigenvalue weighted by molar-refractivity contribution is 7.14. The Morgan fingerprint density at radius 2 is 1.94 bits per heavy atom. The van der Waals surface area contributed by atoms with E-state index in [1.165, 1.54) is 16.2 Å². The number of hydrogen-bond acceptors (Lipinski definition) is 7. The van der Waals surface area contributed by atoms with Gasteiger partial charge in [0, 0.05) is 36.9 Å². The molecule has 1 unspecified atom stereocenters. The van der Waals surface area contributed by atoms with Crippen LogP contribution in [0.2, 0.25) is 0 Å². The normalized spacial score (nSPS) is 17.3. The highest BCUT2D eigenvalue weighted by atomic mass is 32.1. The zero-order valence-electron chi connectivity index (χ0n) is 19.4. The third-order valence-electron chi connectivity index (χ3n) is 5.67. The quantitative estimate of drug-likeness (QED) is 0.212. The number of anilines is 2. The molecule has 1 aliphatic rings. The van der Waals surface area contributed by atoms with E-state index in [2.05, 4.69) is 11.9 Å². The molecule has 176 valence electrons. The Kier molecular flexibility index (Phi) is 6.98. The molecule has 2 aromatic carbocycles. The van der Waals surface area contributed by atoms with Crippen LogP contribution in [0.3, 0.4) is 0 Å². The number of aromatic nitrogens is 1. The Hall–Kier alpha value is -3.65. The summed E-state index contributed by atoms with van der Waals surface area (Å²) >= 11 is 1.26. The summed E-state index contributed by atoms with van der Waals surface area (Å²) in [5.41, 5.74) is 2.13. The molecule has 3 aromatic rings. The highest BCUT2D eigenvalue weighted by Gasteiger charge is 2.48. The van der Waals surface area contributed by atoms with Gasteiger partial charge in [0.05, 0.1) is 18.2 Å². The monoisotopic (exact) mass is 477 g/mol. The van der Waals surface area contributed by atoms with Crippen molar-refractivity contribution in [2.75, 3.05) is 30.5 Å². The number of carbonyl (C=O) groups excluding carboxylic acids is 2. The number of benzene rings is 2. The van der Waals surface area contributed by atoms with Gasteiger partial charge in [-0.25, -0.2) is 4.98 Å².